The molecule has 0 spiro atoms. The minimum absolute atomic E-state index is 0.0814. The third kappa shape index (κ3) is 6.51. The molecule has 1 aromatic heterocycles. The highest BCUT2D eigenvalue weighted by molar-refractivity contribution is 7.13. The fourth-order valence-corrected chi connectivity index (χ4v) is 3.19. The number of aromatic nitrogens is 2. The van der Waals surface area contributed by atoms with Crippen LogP contribution in [0.5, 0.6) is 11.5 Å². The SMILES string of the molecule is COc1ccc(NC(=O)c2nnc(COC(=O)COc3ccc(C(C)C)cc3)s2)cc1. The summed E-state index contributed by atoms with van der Waals surface area (Å²) in [6, 6.07) is 14.5. The van der Waals surface area contributed by atoms with Crippen LogP contribution in [0.3, 0.4) is 0 Å². The number of nitrogens with one attached hydrogen (secondary N) is 1. The van der Waals surface area contributed by atoms with Crippen molar-refractivity contribution in [2.45, 2.75) is 26.4 Å². The number of ether oxygens (including phenoxy) is 3. The third-order valence-electron chi connectivity index (χ3n) is 4.27. The van der Waals surface area contributed by atoms with Crippen LogP contribution in [-0.2, 0) is 16.1 Å². The van der Waals surface area contributed by atoms with Crippen LogP contribution >= 0.6 is 11.3 Å². The zero-order valence-electron chi connectivity index (χ0n) is 17.5. The van der Waals surface area contributed by atoms with Crippen molar-refractivity contribution in [2.24, 2.45) is 0 Å². The van der Waals surface area contributed by atoms with Crippen LogP contribution in [0.15, 0.2) is 48.5 Å². The van der Waals surface area contributed by atoms with E-state index in [1.807, 2.05) is 24.3 Å². The molecule has 9 heteroatoms. The highest BCUT2D eigenvalue weighted by Crippen LogP contribution is 2.19. The van der Waals surface area contributed by atoms with Gasteiger partial charge in [0.2, 0.25) is 5.01 Å². The quantitative estimate of drug-likeness (QED) is 0.500. The summed E-state index contributed by atoms with van der Waals surface area (Å²) in [6.45, 7) is 3.91. The van der Waals surface area contributed by atoms with Gasteiger partial charge in [-0.25, -0.2) is 4.79 Å². The number of methoxy groups -OCH3 is 1. The van der Waals surface area contributed by atoms with Gasteiger partial charge in [-0.3, -0.25) is 4.79 Å². The van der Waals surface area contributed by atoms with Crippen molar-refractivity contribution in [3.8, 4) is 11.5 Å². The van der Waals surface area contributed by atoms with Crippen molar-refractivity contribution in [1.82, 2.24) is 10.2 Å². The number of rotatable bonds is 9. The van der Waals surface area contributed by atoms with Crippen LogP contribution in [0.4, 0.5) is 5.69 Å². The first-order valence-corrected chi connectivity index (χ1v) is 10.4. The second kappa shape index (κ2) is 10.5. The lowest BCUT2D eigenvalue weighted by Gasteiger charge is -2.08. The molecule has 1 amide bonds. The maximum atomic E-state index is 12.3. The smallest absolute Gasteiger partial charge is 0.344 e. The van der Waals surface area contributed by atoms with Crippen molar-refractivity contribution in [2.75, 3.05) is 19.0 Å². The van der Waals surface area contributed by atoms with E-state index in [-0.39, 0.29) is 18.2 Å². The number of amides is 1. The molecular weight excluding hydrogens is 418 g/mol. The summed E-state index contributed by atoms with van der Waals surface area (Å²) in [5.74, 6) is 0.777. The molecule has 0 aliphatic rings. The molecule has 0 aliphatic heterocycles. The normalized spacial score (nSPS) is 10.6. The Morgan fingerprint density at radius 1 is 1.00 bits per heavy atom. The Hall–Kier alpha value is -3.46. The van der Waals surface area contributed by atoms with Gasteiger partial charge in [0.15, 0.2) is 11.6 Å². The van der Waals surface area contributed by atoms with Crippen LogP contribution in [0, 0.1) is 0 Å². The van der Waals surface area contributed by atoms with Gasteiger partial charge in [0, 0.05) is 5.69 Å². The van der Waals surface area contributed by atoms with Gasteiger partial charge < -0.3 is 19.5 Å². The average Bonchev–Trinajstić information content (AvgIpc) is 3.26. The van der Waals surface area contributed by atoms with Crippen molar-refractivity contribution in [3.05, 3.63) is 64.1 Å². The number of nitrogens with zero attached hydrogens (tertiary/aromatic N) is 2. The number of esters is 1. The first kappa shape index (κ1) is 22.2. The topological polar surface area (TPSA) is 99.6 Å². The number of anilines is 1. The van der Waals surface area contributed by atoms with Crippen LogP contribution in [0.25, 0.3) is 0 Å². The van der Waals surface area contributed by atoms with E-state index in [4.69, 9.17) is 14.2 Å². The Morgan fingerprint density at radius 3 is 2.32 bits per heavy atom. The van der Waals surface area contributed by atoms with Crippen molar-refractivity contribution in [1.29, 1.82) is 0 Å². The van der Waals surface area contributed by atoms with Crippen LogP contribution in [0.1, 0.15) is 40.1 Å². The number of hydrogen-bond acceptors (Lipinski definition) is 8. The number of carbonyl (C=O) groups excluding carboxylic acids is 2. The number of carbonyl (C=O) groups is 2. The van der Waals surface area contributed by atoms with E-state index >= 15 is 0 Å². The summed E-state index contributed by atoms with van der Waals surface area (Å²) < 4.78 is 15.7. The maximum Gasteiger partial charge on any atom is 0.344 e. The largest absolute Gasteiger partial charge is 0.497 e. The van der Waals surface area contributed by atoms with E-state index in [1.165, 1.54) is 5.56 Å². The van der Waals surface area contributed by atoms with Gasteiger partial charge >= 0.3 is 5.97 Å². The molecule has 0 saturated carbocycles. The van der Waals surface area contributed by atoms with Gasteiger partial charge in [0.1, 0.15) is 18.1 Å². The zero-order valence-corrected chi connectivity index (χ0v) is 18.3. The zero-order chi connectivity index (χ0) is 22.2. The molecule has 0 radical (unpaired) electrons. The van der Waals surface area contributed by atoms with Gasteiger partial charge in [-0.2, -0.15) is 0 Å². The summed E-state index contributed by atoms with van der Waals surface area (Å²) in [6.07, 6.45) is 0. The average molecular weight is 442 g/mol. The van der Waals surface area contributed by atoms with Gasteiger partial charge in [-0.1, -0.05) is 37.3 Å². The lowest BCUT2D eigenvalue weighted by Crippen LogP contribution is -2.14. The molecule has 0 bridgehead atoms. The molecule has 3 aromatic rings. The Bertz CT molecular complexity index is 1020. The fourth-order valence-electron chi connectivity index (χ4n) is 2.54. The standard InChI is InChI=1S/C22H23N3O5S/c1-14(2)15-4-8-18(9-5-15)29-13-20(26)30-12-19-24-25-22(31-19)21(27)23-16-6-10-17(28-3)11-7-16/h4-11,14H,12-13H2,1-3H3,(H,23,27). The third-order valence-corrected chi connectivity index (χ3v) is 5.16. The molecule has 8 nitrogen and oxygen atoms in total. The highest BCUT2D eigenvalue weighted by Gasteiger charge is 2.15. The maximum absolute atomic E-state index is 12.3. The molecule has 3 rings (SSSR count). The summed E-state index contributed by atoms with van der Waals surface area (Å²) in [5.41, 5.74) is 1.80. The second-order valence-electron chi connectivity index (χ2n) is 6.86. The fraction of sp³-hybridized carbons (Fsp3) is 0.273. The molecule has 31 heavy (non-hydrogen) atoms. The van der Waals surface area contributed by atoms with Gasteiger partial charge in [-0.05, 0) is 47.9 Å². The predicted molar refractivity (Wildman–Crippen MR) is 117 cm³/mol. The Balaban J connectivity index is 1.44. The lowest BCUT2D eigenvalue weighted by molar-refractivity contribution is -0.147. The Morgan fingerprint density at radius 2 is 1.68 bits per heavy atom. The summed E-state index contributed by atoms with van der Waals surface area (Å²) >= 11 is 1.05. The molecule has 0 atom stereocenters. The summed E-state index contributed by atoms with van der Waals surface area (Å²) in [7, 11) is 1.57. The van der Waals surface area contributed by atoms with Crippen molar-refractivity contribution >= 4 is 28.9 Å². The molecule has 0 saturated heterocycles. The van der Waals surface area contributed by atoms with E-state index in [0.29, 0.717) is 28.1 Å². The molecule has 0 aliphatic carbocycles. The Labute approximate surface area is 184 Å². The summed E-state index contributed by atoms with van der Waals surface area (Å²) in [5, 5.41) is 11.0. The molecule has 0 fully saturated rings. The molecule has 1 heterocycles. The van der Waals surface area contributed by atoms with E-state index in [9.17, 15) is 9.59 Å². The first-order chi connectivity index (χ1) is 14.9. The predicted octanol–water partition coefficient (Wildman–Crippen LogP) is 4.04. The molecule has 0 unspecified atom stereocenters. The second-order valence-corrected chi connectivity index (χ2v) is 7.92. The minimum Gasteiger partial charge on any atom is -0.497 e. The van der Waals surface area contributed by atoms with Crippen LogP contribution in [0.2, 0.25) is 0 Å². The monoisotopic (exact) mass is 441 g/mol. The number of benzene rings is 2. The van der Waals surface area contributed by atoms with E-state index in [0.717, 1.165) is 11.3 Å². The van der Waals surface area contributed by atoms with Gasteiger partial charge in [0.05, 0.1) is 7.11 Å². The lowest BCUT2D eigenvalue weighted by atomic mass is 10.0. The van der Waals surface area contributed by atoms with E-state index in [1.54, 1.807) is 31.4 Å². The molecular formula is C22H23N3O5S. The van der Waals surface area contributed by atoms with Gasteiger partial charge in [-0.15, -0.1) is 10.2 Å². The van der Waals surface area contributed by atoms with Crippen LogP contribution in [-0.4, -0.2) is 35.8 Å². The highest BCUT2D eigenvalue weighted by atomic mass is 32.1. The Kier molecular flexibility index (Phi) is 7.55. The van der Waals surface area contributed by atoms with E-state index < -0.39 is 11.9 Å². The van der Waals surface area contributed by atoms with Crippen LogP contribution < -0.4 is 14.8 Å². The first-order valence-electron chi connectivity index (χ1n) is 9.60. The molecule has 1 N–H and O–H groups in total. The molecule has 2 aromatic carbocycles. The van der Waals surface area contributed by atoms with E-state index in [2.05, 4.69) is 29.4 Å². The van der Waals surface area contributed by atoms with Crippen molar-refractivity contribution < 1.29 is 23.8 Å². The van der Waals surface area contributed by atoms with Crippen molar-refractivity contribution in [3.63, 3.8) is 0 Å². The summed E-state index contributed by atoms with van der Waals surface area (Å²) in [4.78, 5) is 24.2. The number of hydrogen-bond donors (Lipinski definition) is 1. The van der Waals surface area contributed by atoms with Gasteiger partial charge in [0.25, 0.3) is 5.91 Å². The molecule has 162 valence electrons. The minimum atomic E-state index is -0.535.